The number of hydrogen-bond donors (Lipinski definition) is 2. The lowest BCUT2D eigenvalue weighted by Crippen LogP contribution is -2.24. The van der Waals surface area contributed by atoms with Gasteiger partial charge in [-0.05, 0) is 13.3 Å². The molecule has 13 heavy (non-hydrogen) atoms. The molecule has 1 unspecified atom stereocenters. The first kappa shape index (κ1) is 11.9. The molecule has 5 heteroatoms. The van der Waals surface area contributed by atoms with Crippen LogP contribution in [-0.2, 0) is 14.3 Å². The van der Waals surface area contributed by atoms with E-state index in [0.29, 0.717) is 13.0 Å². The van der Waals surface area contributed by atoms with E-state index < -0.39 is 11.8 Å². The second kappa shape index (κ2) is 6.42. The van der Waals surface area contributed by atoms with Gasteiger partial charge in [0.15, 0.2) is 0 Å². The Bertz CT molecular complexity index is 182. The van der Waals surface area contributed by atoms with E-state index in [2.05, 4.69) is 0 Å². The van der Waals surface area contributed by atoms with Crippen molar-refractivity contribution in [1.29, 1.82) is 0 Å². The Morgan fingerprint density at radius 3 is 2.31 bits per heavy atom. The van der Waals surface area contributed by atoms with E-state index in [9.17, 15) is 9.59 Å². The highest BCUT2D eigenvalue weighted by molar-refractivity contribution is 5.75. The van der Waals surface area contributed by atoms with Gasteiger partial charge in [-0.3, -0.25) is 9.59 Å². The predicted octanol–water partition coefficient (Wildman–Crippen LogP) is -0.468. The first-order chi connectivity index (χ1) is 6.06. The van der Waals surface area contributed by atoms with Crippen LogP contribution in [0, 0.1) is 0 Å². The lowest BCUT2D eigenvalue weighted by Gasteiger charge is -2.13. The van der Waals surface area contributed by atoms with Crippen LogP contribution in [-0.4, -0.2) is 24.5 Å². The molecule has 0 spiro atoms. The summed E-state index contributed by atoms with van der Waals surface area (Å²) in [6.45, 7) is 2.31. The molecule has 0 aromatic heterocycles. The number of primary amides is 2. The quantitative estimate of drug-likeness (QED) is 0.565. The fraction of sp³-hybridized carbons (Fsp3) is 0.750. The van der Waals surface area contributed by atoms with E-state index in [1.807, 2.05) is 6.92 Å². The Hall–Kier alpha value is -1.10. The number of ether oxygens (including phenoxy) is 1. The molecule has 76 valence electrons. The molecule has 0 aliphatic rings. The first-order valence-electron chi connectivity index (χ1n) is 4.24. The van der Waals surface area contributed by atoms with Gasteiger partial charge in [0.25, 0.3) is 0 Å². The van der Waals surface area contributed by atoms with Crippen molar-refractivity contribution in [3.05, 3.63) is 0 Å². The SMILES string of the molecule is CCOC(CCC(N)=O)CC(N)=O. The molecule has 4 N–H and O–H groups in total. The summed E-state index contributed by atoms with van der Waals surface area (Å²) in [5.41, 5.74) is 9.95. The van der Waals surface area contributed by atoms with Crippen molar-refractivity contribution >= 4 is 11.8 Å². The van der Waals surface area contributed by atoms with Gasteiger partial charge >= 0.3 is 0 Å². The highest BCUT2D eigenvalue weighted by Crippen LogP contribution is 2.06. The van der Waals surface area contributed by atoms with Gasteiger partial charge in [-0.2, -0.15) is 0 Å². The van der Waals surface area contributed by atoms with Crippen LogP contribution in [0.3, 0.4) is 0 Å². The first-order valence-corrected chi connectivity index (χ1v) is 4.24. The molecule has 1 atom stereocenters. The maximum Gasteiger partial charge on any atom is 0.220 e. The molecule has 2 amide bonds. The lowest BCUT2D eigenvalue weighted by molar-refractivity contribution is -0.123. The largest absolute Gasteiger partial charge is 0.378 e. The third kappa shape index (κ3) is 7.27. The molecule has 0 saturated carbocycles. The van der Waals surface area contributed by atoms with Crippen molar-refractivity contribution in [2.45, 2.75) is 32.3 Å². The zero-order valence-electron chi connectivity index (χ0n) is 7.79. The molecular weight excluding hydrogens is 172 g/mol. The molecule has 0 saturated heterocycles. The summed E-state index contributed by atoms with van der Waals surface area (Å²) in [4.78, 5) is 21.0. The van der Waals surface area contributed by atoms with E-state index in [1.165, 1.54) is 0 Å². The maximum absolute atomic E-state index is 10.6. The van der Waals surface area contributed by atoms with Crippen LogP contribution < -0.4 is 11.5 Å². The molecule has 0 bridgehead atoms. The average molecular weight is 188 g/mol. The highest BCUT2D eigenvalue weighted by Gasteiger charge is 2.12. The second-order valence-corrected chi connectivity index (χ2v) is 2.75. The summed E-state index contributed by atoms with van der Waals surface area (Å²) in [7, 11) is 0. The summed E-state index contributed by atoms with van der Waals surface area (Å²) >= 11 is 0. The number of hydrogen-bond acceptors (Lipinski definition) is 3. The molecule has 0 rings (SSSR count). The van der Waals surface area contributed by atoms with E-state index in [-0.39, 0.29) is 18.9 Å². The topological polar surface area (TPSA) is 95.4 Å². The Morgan fingerprint density at radius 2 is 1.92 bits per heavy atom. The molecule has 0 aromatic carbocycles. The van der Waals surface area contributed by atoms with E-state index in [1.54, 1.807) is 0 Å². The van der Waals surface area contributed by atoms with Crippen molar-refractivity contribution in [2.24, 2.45) is 11.5 Å². The van der Waals surface area contributed by atoms with Crippen LogP contribution in [0.25, 0.3) is 0 Å². The number of amides is 2. The third-order valence-corrected chi connectivity index (χ3v) is 1.54. The fourth-order valence-electron chi connectivity index (χ4n) is 1.01. The Labute approximate surface area is 77.4 Å². The van der Waals surface area contributed by atoms with E-state index in [0.717, 1.165) is 0 Å². The van der Waals surface area contributed by atoms with Gasteiger partial charge in [-0.15, -0.1) is 0 Å². The lowest BCUT2D eigenvalue weighted by atomic mass is 10.1. The van der Waals surface area contributed by atoms with Gasteiger partial charge < -0.3 is 16.2 Å². The van der Waals surface area contributed by atoms with Crippen molar-refractivity contribution in [1.82, 2.24) is 0 Å². The smallest absolute Gasteiger partial charge is 0.220 e. The molecule has 0 aromatic rings. The summed E-state index contributed by atoms with van der Waals surface area (Å²) in [5.74, 6) is -0.822. The molecule has 5 nitrogen and oxygen atoms in total. The number of carbonyl (C=O) groups excluding carboxylic acids is 2. The molecule has 0 heterocycles. The zero-order valence-corrected chi connectivity index (χ0v) is 7.79. The Morgan fingerprint density at radius 1 is 1.31 bits per heavy atom. The molecule has 0 aliphatic carbocycles. The average Bonchev–Trinajstić information content (AvgIpc) is 1.99. The number of nitrogens with two attached hydrogens (primary N) is 2. The minimum Gasteiger partial charge on any atom is -0.378 e. The Balaban J connectivity index is 3.79. The highest BCUT2D eigenvalue weighted by atomic mass is 16.5. The van der Waals surface area contributed by atoms with Crippen LogP contribution in [0.1, 0.15) is 26.2 Å². The van der Waals surface area contributed by atoms with Crippen molar-refractivity contribution < 1.29 is 14.3 Å². The van der Waals surface area contributed by atoms with Crippen LogP contribution in [0.5, 0.6) is 0 Å². The minimum atomic E-state index is -0.428. The van der Waals surface area contributed by atoms with E-state index in [4.69, 9.17) is 16.2 Å². The van der Waals surface area contributed by atoms with Crippen LogP contribution in [0.4, 0.5) is 0 Å². The molecule has 0 aliphatic heterocycles. The van der Waals surface area contributed by atoms with Gasteiger partial charge in [-0.1, -0.05) is 0 Å². The normalized spacial score (nSPS) is 12.4. The monoisotopic (exact) mass is 188 g/mol. The van der Waals surface area contributed by atoms with Crippen molar-refractivity contribution in [2.75, 3.05) is 6.61 Å². The van der Waals surface area contributed by atoms with Gasteiger partial charge in [0, 0.05) is 13.0 Å². The maximum atomic E-state index is 10.6. The molecular formula is C8H16N2O3. The zero-order chi connectivity index (χ0) is 10.3. The van der Waals surface area contributed by atoms with Gasteiger partial charge in [0.1, 0.15) is 0 Å². The standard InChI is InChI=1S/C8H16N2O3/c1-2-13-6(5-8(10)12)3-4-7(9)11/h6H,2-5H2,1H3,(H2,9,11)(H2,10,12). The van der Waals surface area contributed by atoms with Gasteiger partial charge in [0.2, 0.25) is 11.8 Å². The molecule has 0 fully saturated rings. The van der Waals surface area contributed by atoms with Crippen molar-refractivity contribution in [3.63, 3.8) is 0 Å². The van der Waals surface area contributed by atoms with Crippen LogP contribution in [0.15, 0.2) is 0 Å². The predicted molar refractivity (Wildman–Crippen MR) is 47.7 cm³/mol. The number of rotatable bonds is 7. The third-order valence-electron chi connectivity index (χ3n) is 1.54. The van der Waals surface area contributed by atoms with Crippen molar-refractivity contribution in [3.8, 4) is 0 Å². The Kier molecular flexibility index (Phi) is 5.88. The summed E-state index contributed by atoms with van der Waals surface area (Å²) < 4.78 is 5.19. The van der Waals surface area contributed by atoms with Gasteiger partial charge in [0.05, 0.1) is 12.5 Å². The summed E-state index contributed by atoms with van der Waals surface area (Å²) in [6, 6.07) is 0. The molecule has 0 radical (unpaired) electrons. The van der Waals surface area contributed by atoms with Crippen LogP contribution in [0.2, 0.25) is 0 Å². The number of carbonyl (C=O) groups is 2. The van der Waals surface area contributed by atoms with Crippen LogP contribution >= 0.6 is 0 Å². The summed E-state index contributed by atoms with van der Waals surface area (Å²) in [6.07, 6.45) is 0.528. The minimum absolute atomic E-state index is 0.140. The van der Waals surface area contributed by atoms with E-state index >= 15 is 0 Å². The fourth-order valence-corrected chi connectivity index (χ4v) is 1.01. The van der Waals surface area contributed by atoms with Gasteiger partial charge in [-0.25, -0.2) is 0 Å². The second-order valence-electron chi connectivity index (χ2n) is 2.75. The summed E-state index contributed by atoms with van der Waals surface area (Å²) in [5, 5.41) is 0.